The molecule has 1 aliphatic heterocycles. The Kier molecular flexibility index (Phi) is 9.37. The Bertz CT molecular complexity index is 1340. The summed E-state index contributed by atoms with van der Waals surface area (Å²) < 4.78 is 13.0. The average Bonchev–Trinajstić information content (AvgIpc) is 3.01. The molecule has 0 spiro atoms. The van der Waals surface area contributed by atoms with Gasteiger partial charge in [-0.25, -0.2) is 0 Å². The van der Waals surface area contributed by atoms with Crippen molar-refractivity contribution in [3.05, 3.63) is 143 Å². The predicted octanol–water partition coefficient (Wildman–Crippen LogP) is 5.79. The van der Waals surface area contributed by atoms with Crippen LogP contribution in [-0.4, -0.2) is 35.6 Å². The minimum absolute atomic E-state index is 0.0165. The first-order valence-corrected chi connectivity index (χ1v) is 13.7. The summed E-state index contributed by atoms with van der Waals surface area (Å²) >= 11 is 0. The van der Waals surface area contributed by atoms with Crippen LogP contribution in [0, 0.1) is 0 Å². The highest BCUT2D eigenvalue weighted by atomic mass is 16.7. The smallest absolute Gasteiger partial charge is 0.251 e. The Morgan fingerprint density at radius 2 is 1.43 bits per heavy atom. The first kappa shape index (κ1) is 27.7. The SMILES string of the molecule is CN(Cc1ccccc1)C[C@@H]1C[C@H](c2ccc(CO)cc2)O[C@H](c2ccc(CNC(=O)c3ccccc3)cc2)O1. The molecule has 1 fully saturated rings. The highest BCUT2D eigenvalue weighted by Gasteiger charge is 2.32. The zero-order valence-corrected chi connectivity index (χ0v) is 22.8. The van der Waals surface area contributed by atoms with E-state index in [-0.39, 0.29) is 24.7 Å². The van der Waals surface area contributed by atoms with Crippen molar-refractivity contribution in [3.8, 4) is 0 Å². The van der Waals surface area contributed by atoms with Gasteiger partial charge >= 0.3 is 0 Å². The summed E-state index contributed by atoms with van der Waals surface area (Å²) in [4.78, 5) is 14.7. The lowest BCUT2D eigenvalue weighted by Gasteiger charge is -2.38. The highest BCUT2D eigenvalue weighted by Crippen LogP contribution is 2.38. The molecule has 40 heavy (non-hydrogen) atoms. The van der Waals surface area contributed by atoms with E-state index in [1.165, 1.54) is 5.56 Å². The Labute approximate surface area is 236 Å². The fourth-order valence-corrected chi connectivity index (χ4v) is 5.01. The van der Waals surface area contributed by atoms with Crippen LogP contribution in [0.4, 0.5) is 0 Å². The summed E-state index contributed by atoms with van der Waals surface area (Å²) in [5, 5.41) is 12.4. The van der Waals surface area contributed by atoms with Gasteiger partial charge in [-0.3, -0.25) is 9.69 Å². The van der Waals surface area contributed by atoms with Crippen LogP contribution in [-0.2, 0) is 29.2 Å². The van der Waals surface area contributed by atoms with E-state index in [0.717, 1.165) is 41.8 Å². The van der Waals surface area contributed by atoms with E-state index >= 15 is 0 Å². The number of carbonyl (C=O) groups is 1. The van der Waals surface area contributed by atoms with Crippen molar-refractivity contribution in [1.82, 2.24) is 10.2 Å². The van der Waals surface area contributed by atoms with Gasteiger partial charge < -0.3 is 19.9 Å². The van der Waals surface area contributed by atoms with Crippen molar-refractivity contribution >= 4 is 5.91 Å². The van der Waals surface area contributed by atoms with Gasteiger partial charge in [0, 0.05) is 37.2 Å². The van der Waals surface area contributed by atoms with Crippen molar-refractivity contribution in [2.75, 3.05) is 13.6 Å². The molecule has 0 aromatic heterocycles. The summed E-state index contributed by atoms with van der Waals surface area (Å²) in [7, 11) is 2.12. The molecule has 1 aliphatic rings. The molecule has 1 heterocycles. The first-order chi connectivity index (χ1) is 19.6. The Morgan fingerprint density at radius 3 is 2.10 bits per heavy atom. The number of aliphatic hydroxyl groups is 1. The molecule has 0 radical (unpaired) electrons. The second-order valence-electron chi connectivity index (χ2n) is 10.3. The largest absolute Gasteiger partial charge is 0.392 e. The molecule has 0 saturated carbocycles. The van der Waals surface area contributed by atoms with Crippen molar-refractivity contribution in [2.45, 2.75) is 44.6 Å². The normalized spacial score (nSPS) is 18.9. The molecule has 6 nitrogen and oxygen atoms in total. The third kappa shape index (κ3) is 7.43. The third-order valence-electron chi connectivity index (χ3n) is 7.17. The van der Waals surface area contributed by atoms with Gasteiger partial charge in [-0.15, -0.1) is 0 Å². The molecule has 0 unspecified atom stereocenters. The molecule has 1 amide bonds. The number of ether oxygens (including phenoxy) is 2. The molecule has 3 atom stereocenters. The predicted molar refractivity (Wildman–Crippen MR) is 155 cm³/mol. The second-order valence-corrected chi connectivity index (χ2v) is 10.3. The minimum Gasteiger partial charge on any atom is -0.392 e. The zero-order valence-electron chi connectivity index (χ0n) is 22.8. The number of amides is 1. The molecular formula is C34H36N2O4. The first-order valence-electron chi connectivity index (χ1n) is 13.7. The van der Waals surface area contributed by atoms with Crippen LogP contribution in [0.25, 0.3) is 0 Å². The van der Waals surface area contributed by atoms with Gasteiger partial charge in [0.15, 0.2) is 6.29 Å². The topological polar surface area (TPSA) is 71.0 Å². The standard InChI is InChI=1S/C34H36N2O4/c1-36(22-26-8-4-2-5-9-26)23-31-20-32(28-16-14-27(24-37)15-17-28)40-34(39-31)30-18-12-25(13-19-30)21-35-33(38)29-10-6-3-7-11-29/h2-19,31-32,34,37H,20-24H2,1H3,(H,35,38)/t31-,32+,34+/m0/s1. The number of likely N-dealkylation sites (N-methyl/N-ethyl adjacent to an activating group) is 1. The number of nitrogens with one attached hydrogen (secondary N) is 1. The number of benzene rings is 4. The molecule has 5 rings (SSSR count). The van der Waals surface area contributed by atoms with Gasteiger partial charge in [0.25, 0.3) is 5.91 Å². The lowest BCUT2D eigenvalue weighted by molar-refractivity contribution is -0.252. The fraction of sp³-hybridized carbons (Fsp3) is 0.265. The number of hydrogen-bond acceptors (Lipinski definition) is 5. The van der Waals surface area contributed by atoms with E-state index in [2.05, 4.69) is 41.5 Å². The van der Waals surface area contributed by atoms with Crippen LogP contribution in [0.5, 0.6) is 0 Å². The summed E-state index contributed by atoms with van der Waals surface area (Å²) in [6, 6.07) is 35.6. The highest BCUT2D eigenvalue weighted by molar-refractivity contribution is 5.94. The van der Waals surface area contributed by atoms with E-state index in [9.17, 15) is 9.90 Å². The molecule has 2 N–H and O–H groups in total. The average molecular weight is 537 g/mol. The molecule has 206 valence electrons. The van der Waals surface area contributed by atoms with Gasteiger partial charge in [0.2, 0.25) is 0 Å². The van der Waals surface area contributed by atoms with E-state index < -0.39 is 6.29 Å². The molecular weight excluding hydrogens is 500 g/mol. The maximum absolute atomic E-state index is 12.4. The molecule has 0 aliphatic carbocycles. The van der Waals surface area contributed by atoms with Crippen molar-refractivity contribution < 1.29 is 19.4 Å². The number of carbonyl (C=O) groups excluding carboxylic acids is 1. The van der Waals surface area contributed by atoms with Crippen LogP contribution < -0.4 is 5.32 Å². The Morgan fingerprint density at radius 1 is 0.800 bits per heavy atom. The quantitative estimate of drug-likeness (QED) is 0.269. The number of hydrogen-bond donors (Lipinski definition) is 2. The lowest BCUT2D eigenvalue weighted by Crippen LogP contribution is -2.37. The van der Waals surface area contributed by atoms with Crippen LogP contribution >= 0.6 is 0 Å². The van der Waals surface area contributed by atoms with Crippen molar-refractivity contribution in [1.29, 1.82) is 0 Å². The van der Waals surface area contributed by atoms with Crippen LogP contribution in [0.1, 0.15) is 57.0 Å². The maximum atomic E-state index is 12.4. The Hall–Kier alpha value is -3.81. The summed E-state index contributed by atoms with van der Waals surface area (Å²) in [6.45, 7) is 2.06. The zero-order chi connectivity index (χ0) is 27.7. The molecule has 1 saturated heterocycles. The van der Waals surface area contributed by atoms with E-state index in [1.807, 2.05) is 72.8 Å². The Balaban J connectivity index is 1.27. The summed E-state index contributed by atoms with van der Waals surface area (Å²) in [5.74, 6) is -0.0962. The van der Waals surface area contributed by atoms with Crippen molar-refractivity contribution in [3.63, 3.8) is 0 Å². The van der Waals surface area contributed by atoms with Crippen LogP contribution in [0.3, 0.4) is 0 Å². The van der Waals surface area contributed by atoms with Gasteiger partial charge in [-0.2, -0.15) is 0 Å². The van der Waals surface area contributed by atoms with E-state index in [4.69, 9.17) is 9.47 Å². The summed E-state index contributed by atoms with van der Waals surface area (Å²) in [6.07, 6.45) is 0.0585. The van der Waals surface area contributed by atoms with Crippen molar-refractivity contribution in [2.24, 2.45) is 0 Å². The van der Waals surface area contributed by atoms with Gasteiger partial charge in [-0.1, -0.05) is 97.1 Å². The van der Waals surface area contributed by atoms with E-state index in [0.29, 0.717) is 12.1 Å². The van der Waals surface area contributed by atoms with Gasteiger partial charge in [-0.05, 0) is 41.4 Å². The maximum Gasteiger partial charge on any atom is 0.251 e. The van der Waals surface area contributed by atoms with Crippen LogP contribution in [0.15, 0.2) is 109 Å². The monoisotopic (exact) mass is 536 g/mol. The lowest BCUT2D eigenvalue weighted by atomic mass is 9.99. The molecule has 0 bridgehead atoms. The second kappa shape index (κ2) is 13.5. The van der Waals surface area contributed by atoms with E-state index in [1.54, 1.807) is 12.1 Å². The fourth-order valence-electron chi connectivity index (χ4n) is 5.01. The van der Waals surface area contributed by atoms with Crippen LogP contribution in [0.2, 0.25) is 0 Å². The minimum atomic E-state index is -0.514. The number of aliphatic hydroxyl groups excluding tert-OH is 1. The number of rotatable bonds is 10. The number of nitrogens with zero attached hydrogens (tertiary/aromatic N) is 1. The third-order valence-corrected chi connectivity index (χ3v) is 7.17. The van der Waals surface area contributed by atoms with Gasteiger partial charge in [0.1, 0.15) is 0 Å². The molecule has 6 heteroatoms. The van der Waals surface area contributed by atoms with Gasteiger partial charge in [0.05, 0.1) is 18.8 Å². The molecule has 4 aromatic rings. The molecule has 4 aromatic carbocycles. The summed E-state index contributed by atoms with van der Waals surface area (Å²) in [5.41, 5.74) is 5.79.